The molecule has 1 aromatic carbocycles. The highest BCUT2D eigenvalue weighted by Crippen LogP contribution is 2.40. The predicted molar refractivity (Wildman–Crippen MR) is 89.4 cm³/mol. The van der Waals surface area contributed by atoms with Crippen LogP contribution in [0.4, 0.5) is 11.4 Å². The van der Waals surface area contributed by atoms with Gasteiger partial charge >= 0.3 is 0 Å². The summed E-state index contributed by atoms with van der Waals surface area (Å²) in [5.74, 6) is 0.777. The number of benzene rings is 1. The number of hydrogen-bond donors (Lipinski definition) is 2. The summed E-state index contributed by atoms with van der Waals surface area (Å²) < 4.78 is 0. The van der Waals surface area contributed by atoms with Gasteiger partial charge in [0.25, 0.3) is 0 Å². The van der Waals surface area contributed by atoms with Crippen molar-refractivity contribution in [2.75, 3.05) is 26.0 Å². The maximum atomic E-state index is 6.31. The molecule has 1 aliphatic carbocycles. The molecule has 114 valence electrons. The van der Waals surface area contributed by atoms with Gasteiger partial charge in [-0.3, -0.25) is 0 Å². The quantitative estimate of drug-likeness (QED) is 0.898. The lowest BCUT2D eigenvalue weighted by atomic mass is 9.79. The van der Waals surface area contributed by atoms with Crippen LogP contribution in [0.25, 0.3) is 0 Å². The van der Waals surface area contributed by atoms with Crippen LogP contribution in [0.5, 0.6) is 0 Å². The fourth-order valence-corrected chi connectivity index (χ4v) is 3.38. The Labute approximate surface area is 127 Å². The van der Waals surface area contributed by atoms with Gasteiger partial charge in [0.1, 0.15) is 5.84 Å². The Morgan fingerprint density at radius 1 is 1.24 bits per heavy atom. The first kappa shape index (κ1) is 14.4. The van der Waals surface area contributed by atoms with Gasteiger partial charge in [0, 0.05) is 6.54 Å². The standard InChI is InChI=1S/C17H26N4/c1-21(2)11-8-13-6-7-14-15(12-13)19-16(18)17(20-14)9-4-3-5-10-17/h6-7,12,20H,3-5,8-11H2,1-2H3,(H2,18,19). The molecule has 0 unspecified atom stereocenters. The molecule has 4 nitrogen and oxygen atoms in total. The first-order valence-corrected chi connectivity index (χ1v) is 8.00. The molecule has 0 atom stereocenters. The molecule has 1 heterocycles. The SMILES string of the molecule is CN(C)CCc1ccc2c(c1)N=C(N)C1(CCCCC1)N2. The van der Waals surface area contributed by atoms with E-state index in [-0.39, 0.29) is 5.54 Å². The minimum absolute atomic E-state index is 0.0869. The molecule has 0 amide bonds. The number of nitrogens with zero attached hydrogens (tertiary/aromatic N) is 2. The van der Waals surface area contributed by atoms with Gasteiger partial charge < -0.3 is 16.0 Å². The zero-order chi connectivity index (χ0) is 14.9. The average molecular weight is 286 g/mol. The molecule has 1 saturated carbocycles. The van der Waals surface area contributed by atoms with E-state index >= 15 is 0 Å². The van der Waals surface area contributed by atoms with Crippen LogP contribution in [-0.4, -0.2) is 36.9 Å². The minimum Gasteiger partial charge on any atom is -0.385 e. The highest BCUT2D eigenvalue weighted by molar-refractivity contribution is 5.99. The first-order chi connectivity index (χ1) is 10.1. The molecule has 0 bridgehead atoms. The molecule has 1 spiro atoms. The lowest BCUT2D eigenvalue weighted by Gasteiger charge is -2.41. The molecule has 21 heavy (non-hydrogen) atoms. The topological polar surface area (TPSA) is 53.6 Å². The summed E-state index contributed by atoms with van der Waals surface area (Å²) in [7, 11) is 4.20. The Hall–Kier alpha value is -1.55. The van der Waals surface area contributed by atoms with Crippen molar-refractivity contribution in [3.8, 4) is 0 Å². The first-order valence-electron chi connectivity index (χ1n) is 8.00. The summed E-state index contributed by atoms with van der Waals surface area (Å²) in [6.07, 6.45) is 7.03. The molecule has 0 saturated heterocycles. The molecule has 1 aliphatic heterocycles. The van der Waals surface area contributed by atoms with Gasteiger partial charge in [-0.2, -0.15) is 0 Å². The fourth-order valence-electron chi connectivity index (χ4n) is 3.38. The maximum absolute atomic E-state index is 6.31. The van der Waals surface area contributed by atoms with Crippen molar-refractivity contribution < 1.29 is 0 Å². The van der Waals surface area contributed by atoms with Gasteiger partial charge in [-0.15, -0.1) is 0 Å². The van der Waals surface area contributed by atoms with Crippen LogP contribution in [-0.2, 0) is 6.42 Å². The highest BCUT2D eigenvalue weighted by atomic mass is 15.1. The lowest BCUT2D eigenvalue weighted by molar-refractivity contribution is 0.402. The highest BCUT2D eigenvalue weighted by Gasteiger charge is 2.38. The van der Waals surface area contributed by atoms with Crippen LogP contribution in [0.2, 0.25) is 0 Å². The molecule has 4 heteroatoms. The number of rotatable bonds is 3. The third kappa shape index (κ3) is 2.91. The number of fused-ring (bicyclic) bond motifs is 1. The number of nitrogens with two attached hydrogens (primary N) is 1. The van der Waals surface area contributed by atoms with Crippen molar-refractivity contribution in [3.05, 3.63) is 23.8 Å². The van der Waals surface area contributed by atoms with Crippen molar-refractivity contribution >= 4 is 17.2 Å². The molecule has 1 aromatic rings. The van der Waals surface area contributed by atoms with Crippen LogP contribution < -0.4 is 11.1 Å². The van der Waals surface area contributed by atoms with Crippen LogP contribution >= 0.6 is 0 Å². The fraction of sp³-hybridized carbons (Fsp3) is 0.588. The number of aliphatic imine (C=N–C) groups is 1. The molecule has 0 radical (unpaired) electrons. The summed E-state index contributed by atoms with van der Waals surface area (Å²) in [6, 6.07) is 6.56. The summed E-state index contributed by atoms with van der Waals surface area (Å²) in [6.45, 7) is 1.05. The Morgan fingerprint density at radius 3 is 2.71 bits per heavy atom. The number of amidine groups is 1. The van der Waals surface area contributed by atoms with Crippen molar-refractivity contribution in [2.24, 2.45) is 10.7 Å². The molecule has 3 rings (SSSR count). The van der Waals surface area contributed by atoms with Crippen molar-refractivity contribution in [2.45, 2.75) is 44.1 Å². The second-order valence-electron chi connectivity index (χ2n) is 6.67. The van der Waals surface area contributed by atoms with E-state index in [9.17, 15) is 0 Å². The third-order valence-corrected chi connectivity index (χ3v) is 4.72. The van der Waals surface area contributed by atoms with Gasteiger partial charge in [-0.1, -0.05) is 25.3 Å². The predicted octanol–water partition coefficient (Wildman–Crippen LogP) is 2.91. The van der Waals surface area contributed by atoms with Gasteiger partial charge in [-0.05, 0) is 51.1 Å². The van der Waals surface area contributed by atoms with Gasteiger partial charge in [-0.25, -0.2) is 4.99 Å². The van der Waals surface area contributed by atoms with E-state index in [4.69, 9.17) is 10.7 Å². The zero-order valence-corrected chi connectivity index (χ0v) is 13.2. The molecule has 2 aliphatic rings. The van der Waals surface area contributed by atoms with E-state index in [1.54, 1.807) is 0 Å². The molecule has 3 N–H and O–H groups in total. The lowest BCUT2D eigenvalue weighted by Crippen LogP contribution is -2.53. The van der Waals surface area contributed by atoms with Gasteiger partial charge in [0.05, 0.1) is 16.9 Å². The monoisotopic (exact) mass is 286 g/mol. The van der Waals surface area contributed by atoms with Crippen molar-refractivity contribution in [1.82, 2.24) is 4.90 Å². The molecule has 1 fully saturated rings. The van der Waals surface area contributed by atoms with E-state index in [1.165, 1.54) is 24.8 Å². The number of hydrogen-bond acceptors (Lipinski definition) is 4. The number of likely N-dealkylation sites (N-methyl/N-ethyl adjacent to an activating group) is 1. The minimum atomic E-state index is -0.0869. The second-order valence-corrected chi connectivity index (χ2v) is 6.67. The normalized spacial score (nSPS) is 20.0. The number of nitrogens with one attached hydrogen (secondary N) is 1. The number of anilines is 1. The van der Waals surface area contributed by atoms with E-state index in [1.807, 2.05) is 0 Å². The maximum Gasteiger partial charge on any atom is 0.126 e. The van der Waals surface area contributed by atoms with Crippen LogP contribution in [0, 0.1) is 0 Å². The molecule has 0 aromatic heterocycles. The van der Waals surface area contributed by atoms with Crippen LogP contribution in [0.1, 0.15) is 37.7 Å². The van der Waals surface area contributed by atoms with Gasteiger partial charge in [0.2, 0.25) is 0 Å². The van der Waals surface area contributed by atoms with E-state index in [2.05, 4.69) is 42.5 Å². The summed E-state index contributed by atoms with van der Waals surface area (Å²) in [5, 5.41) is 3.69. The Balaban J connectivity index is 1.83. The molecular formula is C17H26N4. The van der Waals surface area contributed by atoms with Crippen LogP contribution in [0.15, 0.2) is 23.2 Å². The Kier molecular flexibility index (Phi) is 3.89. The zero-order valence-electron chi connectivity index (χ0n) is 13.2. The largest absolute Gasteiger partial charge is 0.385 e. The third-order valence-electron chi connectivity index (χ3n) is 4.72. The summed E-state index contributed by atoms with van der Waals surface area (Å²) in [5.41, 5.74) is 9.68. The van der Waals surface area contributed by atoms with E-state index < -0.39 is 0 Å². The summed E-state index contributed by atoms with van der Waals surface area (Å²) >= 11 is 0. The molecular weight excluding hydrogens is 260 g/mol. The van der Waals surface area contributed by atoms with Crippen molar-refractivity contribution in [3.63, 3.8) is 0 Å². The van der Waals surface area contributed by atoms with Crippen LogP contribution in [0.3, 0.4) is 0 Å². The smallest absolute Gasteiger partial charge is 0.126 e. The van der Waals surface area contributed by atoms with E-state index in [0.717, 1.165) is 43.0 Å². The average Bonchev–Trinajstić information content (AvgIpc) is 2.47. The Bertz CT molecular complexity index is 542. The second kappa shape index (κ2) is 5.68. The van der Waals surface area contributed by atoms with E-state index in [0.29, 0.717) is 0 Å². The van der Waals surface area contributed by atoms with Crippen molar-refractivity contribution in [1.29, 1.82) is 0 Å². The Morgan fingerprint density at radius 2 is 2.00 bits per heavy atom. The summed E-state index contributed by atoms with van der Waals surface area (Å²) in [4.78, 5) is 6.93. The van der Waals surface area contributed by atoms with Gasteiger partial charge in [0.15, 0.2) is 0 Å².